The van der Waals surface area contributed by atoms with Crippen molar-refractivity contribution < 1.29 is 9.47 Å². The van der Waals surface area contributed by atoms with Gasteiger partial charge in [0.1, 0.15) is 0 Å². The average Bonchev–Trinajstić information content (AvgIpc) is 3.03. The molecular formula is C17H21N5O3. The second-order valence-corrected chi connectivity index (χ2v) is 5.58. The van der Waals surface area contributed by atoms with E-state index in [0.717, 1.165) is 5.56 Å². The van der Waals surface area contributed by atoms with Crippen LogP contribution in [0.15, 0.2) is 23.0 Å². The number of nitrogens with zero attached hydrogens (tertiary/aromatic N) is 3. The van der Waals surface area contributed by atoms with Crippen LogP contribution in [0.4, 0.5) is 5.95 Å². The molecule has 0 saturated heterocycles. The van der Waals surface area contributed by atoms with Crippen LogP contribution >= 0.6 is 0 Å². The standard InChI is InChI=1S/C17H21N5O3/c1-5-12-10(2)19-17-20-16(21-22(17)15(12)23)18-9-11-6-7-13(24-3)14(8-11)25-4/h6-8H,5,9H2,1-4H3,(H2,18,19,20,21). The van der Waals surface area contributed by atoms with Crippen molar-refractivity contribution in [2.45, 2.75) is 26.8 Å². The first-order valence-electron chi connectivity index (χ1n) is 8.00. The number of methoxy groups -OCH3 is 2. The zero-order chi connectivity index (χ0) is 18.0. The van der Waals surface area contributed by atoms with Crippen molar-refractivity contribution in [2.75, 3.05) is 19.5 Å². The Hall–Kier alpha value is -3.03. The predicted octanol–water partition coefficient (Wildman–Crippen LogP) is 1.92. The maximum atomic E-state index is 12.4. The first-order valence-corrected chi connectivity index (χ1v) is 8.00. The highest BCUT2D eigenvalue weighted by Crippen LogP contribution is 2.27. The molecule has 1 aromatic carbocycles. The number of H-pyrrole nitrogens is 1. The van der Waals surface area contributed by atoms with Crippen LogP contribution in [0.3, 0.4) is 0 Å². The third-order valence-electron chi connectivity index (χ3n) is 4.06. The highest BCUT2D eigenvalue weighted by Gasteiger charge is 2.12. The van der Waals surface area contributed by atoms with Gasteiger partial charge in [0.05, 0.1) is 19.9 Å². The number of nitrogens with one attached hydrogen (secondary N) is 2. The smallest absolute Gasteiger partial charge is 0.277 e. The Morgan fingerprint density at radius 2 is 1.96 bits per heavy atom. The Labute approximate surface area is 144 Å². The molecule has 25 heavy (non-hydrogen) atoms. The predicted molar refractivity (Wildman–Crippen MR) is 94.6 cm³/mol. The molecule has 2 heterocycles. The quantitative estimate of drug-likeness (QED) is 0.710. The summed E-state index contributed by atoms with van der Waals surface area (Å²) in [6.45, 7) is 4.27. The fourth-order valence-electron chi connectivity index (χ4n) is 2.72. The molecule has 3 aromatic rings. The van der Waals surface area contributed by atoms with Gasteiger partial charge in [0.25, 0.3) is 11.3 Å². The van der Waals surface area contributed by atoms with Crippen LogP contribution < -0.4 is 20.3 Å². The zero-order valence-corrected chi connectivity index (χ0v) is 14.7. The molecule has 0 spiro atoms. The molecule has 8 nitrogen and oxygen atoms in total. The van der Waals surface area contributed by atoms with E-state index in [2.05, 4.69) is 20.4 Å². The Morgan fingerprint density at radius 1 is 1.20 bits per heavy atom. The van der Waals surface area contributed by atoms with Crippen molar-refractivity contribution in [3.05, 3.63) is 45.4 Å². The van der Waals surface area contributed by atoms with Gasteiger partial charge in [-0.05, 0) is 31.0 Å². The minimum Gasteiger partial charge on any atom is -0.493 e. The van der Waals surface area contributed by atoms with Crippen LogP contribution in [0.1, 0.15) is 23.7 Å². The molecule has 0 fully saturated rings. The number of hydrogen-bond acceptors (Lipinski definition) is 6. The molecule has 3 rings (SSSR count). The van der Waals surface area contributed by atoms with Crippen molar-refractivity contribution in [1.82, 2.24) is 19.6 Å². The van der Waals surface area contributed by atoms with E-state index in [9.17, 15) is 4.79 Å². The van der Waals surface area contributed by atoms with Gasteiger partial charge in [-0.25, -0.2) is 4.98 Å². The van der Waals surface area contributed by atoms with Crippen LogP contribution in [0.2, 0.25) is 0 Å². The first-order chi connectivity index (χ1) is 12.1. The fourth-order valence-corrected chi connectivity index (χ4v) is 2.72. The lowest BCUT2D eigenvalue weighted by Crippen LogP contribution is -2.21. The van der Waals surface area contributed by atoms with Gasteiger partial charge in [-0.15, -0.1) is 0 Å². The normalized spacial score (nSPS) is 10.9. The third kappa shape index (κ3) is 3.15. The SMILES string of the molecule is CCc1c(C)nc2nc(NCc3ccc(OC)c(OC)c3)[nH]n2c1=O. The number of rotatable bonds is 6. The summed E-state index contributed by atoms with van der Waals surface area (Å²) in [4.78, 5) is 21.1. The van der Waals surface area contributed by atoms with Crippen molar-refractivity contribution in [2.24, 2.45) is 0 Å². The first kappa shape index (κ1) is 16.8. The molecule has 0 amide bonds. The fraction of sp³-hybridized carbons (Fsp3) is 0.353. The van der Waals surface area contributed by atoms with Crippen molar-refractivity contribution >= 4 is 11.7 Å². The molecule has 0 aliphatic rings. The maximum absolute atomic E-state index is 12.4. The minimum atomic E-state index is -0.114. The lowest BCUT2D eigenvalue weighted by atomic mass is 10.2. The number of hydrogen-bond donors (Lipinski definition) is 2. The van der Waals surface area contributed by atoms with Gasteiger partial charge >= 0.3 is 0 Å². The van der Waals surface area contributed by atoms with Gasteiger partial charge in [-0.3, -0.25) is 9.89 Å². The van der Waals surface area contributed by atoms with Gasteiger partial charge < -0.3 is 14.8 Å². The van der Waals surface area contributed by atoms with Crippen LogP contribution in [-0.4, -0.2) is 33.8 Å². The van der Waals surface area contributed by atoms with Gasteiger partial charge in [0, 0.05) is 12.1 Å². The van der Waals surface area contributed by atoms with E-state index in [-0.39, 0.29) is 5.56 Å². The van der Waals surface area contributed by atoms with E-state index in [1.54, 1.807) is 14.2 Å². The Morgan fingerprint density at radius 3 is 2.64 bits per heavy atom. The second kappa shape index (κ2) is 6.84. The number of fused-ring (bicyclic) bond motifs is 1. The van der Waals surface area contributed by atoms with E-state index < -0.39 is 0 Å². The third-order valence-corrected chi connectivity index (χ3v) is 4.06. The highest BCUT2D eigenvalue weighted by atomic mass is 16.5. The molecule has 2 aromatic heterocycles. The molecule has 2 N–H and O–H groups in total. The van der Waals surface area contributed by atoms with Crippen LogP contribution in [0.5, 0.6) is 11.5 Å². The maximum Gasteiger partial charge on any atom is 0.277 e. The lowest BCUT2D eigenvalue weighted by molar-refractivity contribution is 0.354. The van der Waals surface area contributed by atoms with E-state index in [4.69, 9.17) is 9.47 Å². The molecule has 0 aliphatic heterocycles. The molecule has 0 unspecified atom stereocenters. The Bertz CT molecular complexity index is 961. The number of aromatic nitrogens is 4. The minimum absolute atomic E-state index is 0.114. The number of anilines is 1. The van der Waals surface area contributed by atoms with Gasteiger partial charge in [-0.1, -0.05) is 13.0 Å². The van der Waals surface area contributed by atoms with E-state index in [0.29, 0.717) is 47.4 Å². The monoisotopic (exact) mass is 343 g/mol. The molecule has 132 valence electrons. The van der Waals surface area contributed by atoms with Crippen LogP contribution in [-0.2, 0) is 13.0 Å². The molecule has 0 aliphatic carbocycles. The topological polar surface area (TPSA) is 93.5 Å². The lowest BCUT2D eigenvalue weighted by Gasteiger charge is -2.09. The van der Waals surface area contributed by atoms with Gasteiger partial charge in [0.15, 0.2) is 11.5 Å². The number of ether oxygens (including phenoxy) is 2. The summed E-state index contributed by atoms with van der Waals surface area (Å²) in [7, 11) is 3.20. The van der Waals surface area contributed by atoms with Crippen molar-refractivity contribution in [1.29, 1.82) is 0 Å². The van der Waals surface area contributed by atoms with Crippen LogP contribution in [0, 0.1) is 6.92 Å². The van der Waals surface area contributed by atoms with Crippen LogP contribution in [0.25, 0.3) is 5.78 Å². The summed E-state index contributed by atoms with van der Waals surface area (Å²) in [5.41, 5.74) is 2.28. The molecule has 8 heteroatoms. The summed E-state index contributed by atoms with van der Waals surface area (Å²) in [6.07, 6.45) is 0.633. The summed E-state index contributed by atoms with van der Waals surface area (Å²) in [5.74, 6) is 2.17. The Balaban J connectivity index is 1.84. The summed E-state index contributed by atoms with van der Waals surface area (Å²) < 4.78 is 11.9. The van der Waals surface area contributed by atoms with E-state index in [1.807, 2.05) is 32.0 Å². The number of aromatic amines is 1. The van der Waals surface area contributed by atoms with Crippen molar-refractivity contribution in [3.63, 3.8) is 0 Å². The van der Waals surface area contributed by atoms with E-state index in [1.165, 1.54) is 4.52 Å². The highest BCUT2D eigenvalue weighted by molar-refractivity contribution is 5.44. The summed E-state index contributed by atoms with van der Waals surface area (Å²) >= 11 is 0. The number of aryl methyl sites for hydroxylation is 1. The largest absolute Gasteiger partial charge is 0.493 e. The number of benzene rings is 1. The van der Waals surface area contributed by atoms with Crippen molar-refractivity contribution in [3.8, 4) is 11.5 Å². The second-order valence-electron chi connectivity index (χ2n) is 5.58. The Kier molecular flexibility index (Phi) is 4.60. The van der Waals surface area contributed by atoms with Gasteiger partial charge in [0.2, 0.25) is 5.95 Å². The molecule has 0 saturated carbocycles. The molecular weight excluding hydrogens is 322 g/mol. The summed E-state index contributed by atoms with van der Waals surface area (Å²) in [6, 6.07) is 5.66. The average molecular weight is 343 g/mol. The molecule has 0 bridgehead atoms. The molecule has 0 atom stereocenters. The zero-order valence-electron chi connectivity index (χ0n) is 14.7. The molecule has 0 radical (unpaired) electrons. The van der Waals surface area contributed by atoms with E-state index >= 15 is 0 Å². The van der Waals surface area contributed by atoms with Gasteiger partial charge in [-0.2, -0.15) is 9.50 Å². The summed E-state index contributed by atoms with van der Waals surface area (Å²) in [5, 5.41) is 6.11.